The summed E-state index contributed by atoms with van der Waals surface area (Å²) in [6, 6.07) is 0. The fraction of sp³-hybridized carbons (Fsp3) is 0.769. The number of nitrogens with zero attached hydrogens (tertiary/aromatic N) is 1. The summed E-state index contributed by atoms with van der Waals surface area (Å²) in [5.41, 5.74) is 5.68. The third-order valence-corrected chi connectivity index (χ3v) is 2.67. The second-order valence-electron chi connectivity index (χ2n) is 4.79. The highest BCUT2D eigenvalue weighted by atomic mass is 16.3. The maximum atomic E-state index is 12.0. The zero-order chi connectivity index (χ0) is 13.3. The number of hydrogen-bond donors (Lipinski definition) is 2. The number of hydrogen-bond acceptors (Lipinski definition) is 3. The average molecular weight is 242 g/mol. The van der Waals surface area contributed by atoms with Gasteiger partial charge in [-0.2, -0.15) is 0 Å². The Hall–Kier alpha value is -0.870. The van der Waals surface area contributed by atoms with Gasteiger partial charge in [-0.25, -0.2) is 0 Å². The summed E-state index contributed by atoms with van der Waals surface area (Å²) < 4.78 is 0. The quantitative estimate of drug-likeness (QED) is 0.593. The lowest BCUT2D eigenvalue weighted by Crippen LogP contribution is -2.36. The van der Waals surface area contributed by atoms with Crippen molar-refractivity contribution in [1.29, 1.82) is 0 Å². The van der Waals surface area contributed by atoms with E-state index in [4.69, 9.17) is 10.8 Å². The fourth-order valence-electron chi connectivity index (χ4n) is 1.90. The SMILES string of the molecule is C=CCN(CCO)C(=O)CC(CN)CC(C)C. The topological polar surface area (TPSA) is 66.6 Å². The molecule has 0 aromatic carbocycles. The molecule has 4 nitrogen and oxygen atoms in total. The van der Waals surface area contributed by atoms with E-state index in [9.17, 15) is 4.79 Å². The molecule has 0 heterocycles. The van der Waals surface area contributed by atoms with Crippen molar-refractivity contribution in [3.63, 3.8) is 0 Å². The van der Waals surface area contributed by atoms with E-state index in [1.807, 2.05) is 0 Å². The zero-order valence-corrected chi connectivity index (χ0v) is 11.1. The van der Waals surface area contributed by atoms with Crippen molar-refractivity contribution in [3.8, 4) is 0 Å². The number of aliphatic hydroxyl groups is 1. The Balaban J connectivity index is 4.29. The summed E-state index contributed by atoms with van der Waals surface area (Å²) in [6.45, 7) is 9.23. The standard InChI is InChI=1S/C13H26N2O2/c1-4-5-15(6-7-16)13(17)9-12(10-14)8-11(2)3/h4,11-12,16H,1,5-10,14H2,2-3H3. The maximum absolute atomic E-state index is 12.0. The lowest BCUT2D eigenvalue weighted by atomic mass is 9.94. The van der Waals surface area contributed by atoms with Gasteiger partial charge in [0.15, 0.2) is 0 Å². The lowest BCUT2D eigenvalue weighted by Gasteiger charge is -2.23. The molecule has 0 aliphatic carbocycles. The second kappa shape index (κ2) is 9.19. The van der Waals surface area contributed by atoms with Crippen LogP contribution in [0.25, 0.3) is 0 Å². The molecule has 4 heteroatoms. The predicted molar refractivity (Wildman–Crippen MR) is 70.5 cm³/mol. The Morgan fingerprint density at radius 2 is 2.18 bits per heavy atom. The van der Waals surface area contributed by atoms with Gasteiger partial charge in [0, 0.05) is 19.5 Å². The van der Waals surface area contributed by atoms with Gasteiger partial charge in [0.2, 0.25) is 5.91 Å². The van der Waals surface area contributed by atoms with E-state index < -0.39 is 0 Å². The molecule has 1 atom stereocenters. The van der Waals surface area contributed by atoms with Crippen molar-refractivity contribution in [2.24, 2.45) is 17.6 Å². The van der Waals surface area contributed by atoms with Gasteiger partial charge in [0.05, 0.1) is 6.61 Å². The molecule has 0 saturated carbocycles. The molecule has 0 rings (SSSR count). The minimum atomic E-state index is -0.0168. The summed E-state index contributed by atoms with van der Waals surface area (Å²) in [4.78, 5) is 13.6. The molecule has 0 radical (unpaired) electrons. The van der Waals surface area contributed by atoms with Gasteiger partial charge in [-0.3, -0.25) is 4.79 Å². The molecule has 0 aliphatic heterocycles. The van der Waals surface area contributed by atoms with Gasteiger partial charge < -0.3 is 15.7 Å². The van der Waals surface area contributed by atoms with Gasteiger partial charge in [0.1, 0.15) is 0 Å². The monoisotopic (exact) mass is 242 g/mol. The smallest absolute Gasteiger partial charge is 0.223 e. The Labute approximate surface area is 104 Å². The summed E-state index contributed by atoms with van der Waals surface area (Å²) in [7, 11) is 0. The van der Waals surface area contributed by atoms with Crippen molar-refractivity contribution in [2.75, 3.05) is 26.2 Å². The van der Waals surface area contributed by atoms with Gasteiger partial charge in [-0.15, -0.1) is 6.58 Å². The van der Waals surface area contributed by atoms with E-state index in [1.165, 1.54) is 0 Å². The molecule has 0 fully saturated rings. The number of carbonyl (C=O) groups excluding carboxylic acids is 1. The molecule has 1 amide bonds. The molecule has 100 valence electrons. The number of aliphatic hydroxyl groups excluding tert-OH is 1. The maximum Gasteiger partial charge on any atom is 0.223 e. The summed E-state index contributed by atoms with van der Waals surface area (Å²) >= 11 is 0. The van der Waals surface area contributed by atoms with Crippen LogP contribution in [-0.4, -0.2) is 42.2 Å². The summed E-state index contributed by atoms with van der Waals surface area (Å²) in [6.07, 6.45) is 3.10. The van der Waals surface area contributed by atoms with E-state index in [2.05, 4.69) is 20.4 Å². The third kappa shape index (κ3) is 7.13. The average Bonchev–Trinajstić information content (AvgIpc) is 2.27. The van der Waals surface area contributed by atoms with Gasteiger partial charge in [-0.1, -0.05) is 19.9 Å². The number of carbonyl (C=O) groups is 1. The highest BCUT2D eigenvalue weighted by molar-refractivity contribution is 5.76. The van der Waals surface area contributed by atoms with Crippen molar-refractivity contribution >= 4 is 5.91 Å². The Kier molecular flexibility index (Phi) is 8.72. The van der Waals surface area contributed by atoms with E-state index in [1.54, 1.807) is 11.0 Å². The van der Waals surface area contributed by atoms with Crippen molar-refractivity contribution in [1.82, 2.24) is 4.90 Å². The van der Waals surface area contributed by atoms with Crippen LogP contribution in [0, 0.1) is 11.8 Å². The first kappa shape index (κ1) is 16.1. The molecule has 0 saturated heterocycles. The molecule has 3 N–H and O–H groups in total. The molecule has 1 unspecified atom stereocenters. The van der Waals surface area contributed by atoms with Crippen molar-refractivity contribution in [2.45, 2.75) is 26.7 Å². The second-order valence-corrected chi connectivity index (χ2v) is 4.79. The summed E-state index contributed by atoms with van der Waals surface area (Å²) in [5.74, 6) is 0.825. The van der Waals surface area contributed by atoms with Crippen molar-refractivity contribution in [3.05, 3.63) is 12.7 Å². The summed E-state index contributed by atoms with van der Waals surface area (Å²) in [5, 5.41) is 8.90. The van der Waals surface area contributed by atoms with E-state index in [0.717, 1.165) is 6.42 Å². The molecular formula is C13H26N2O2. The molecule has 0 aliphatic rings. The Bertz CT molecular complexity index is 229. The van der Waals surface area contributed by atoms with Gasteiger partial charge in [-0.05, 0) is 24.8 Å². The molecular weight excluding hydrogens is 216 g/mol. The minimum Gasteiger partial charge on any atom is -0.395 e. The predicted octanol–water partition coefficient (Wildman–Crippen LogP) is 1.00. The zero-order valence-electron chi connectivity index (χ0n) is 11.1. The van der Waals surface area contributed by atoms with Crippen LogP contribution in [-0.2, 0) is 4.79 Å². The molecule has 17 heavy (non-hydrogen) atoms. The number of rotatable bonds is 9. The molecule has 0 bridgehead atoms. The first-order valence-electron chi connectivity index (χ1n) is 6.24. The van der Waals surface area contributed by atoms with E-state index in [-0.39, 0.29) is 18.4 Å². The Morgan fingerprint density at radius 3 is 2.59 bits per heavy atom. The normalized spacial score (nSPS) is 12.5. The van der Waals surface area contributed by atoms with E-state index in [0.29, 0.717) is 32.0 Å². The minimum absolute atomic E-state index is 0.0168. The van der Waals surface area contributed by atoms with Crippen LogP contribution in [0.2, 0.25) is 0 Å². The van der Waals surface area contributed by atoms with Crippen LogP contribution < -0.4 is 5.73 Å². The number of amides is 1. The van der Waals surface area contributed by atoms with E-state index >= 15 is 0 Å². The first-order valence-corrected chi connectivity index (χ1v) is 6.24. The van der Waals surface area contributed by atoms with Crippen LogP contribution in [0.4, 0.5) is 0 Å². The van der Waals surface area contributed by atoms with Crippen LogP contribution in [0.5, 0.6) is 0 Å². The third-order valence-electron chi connectivity index (χ3n) is 2.67. The first-order chi connectivity index (χ1) is 8.04. The fourth-order valence-corrected chi connectivity index (χ4v) is 1.90. The van der Waals surface area contributed by atoms with Crippen LogP contribution in [0.15, 0.2) is 12.7 Å². The largest absolute Gasteiger partial charge is 0.395 e. The van der Waals surface area contributed by atoms with Gasteiger partial charge >= 0.3 is 0 Å². The molecule has 0 spiro atoms. The van der Waals surface area contributed by atoms with Crippen LogP contribution >= 0.6 is 0 Å². The van der Waals surface area contributed by atoms with Crippen LogP contribution in [0.1, 0.15) is 26.7 Å². The molecule has 0 aromatic rings. The highest BCUT2D eigenvalue weighted by Crippen LogP contribution is 2.15. The number of nitrogens with two attached hydrogens (primary N) is 1. The van der Waals surface area contributed by atoms with Gasteiger partial charge in [0.25, 0.3) is 0 Å². The molecule has 0 aromatic heterocycles. The Morgan fingerprint density at radius 1 is 1.53 bits per heavy atom. The highest BCUT2D eigenvalue weighted by Gasteiger charge is 2.18. The van der Waals surface area contributed by atoms with Crippen molar-refractivity contribution < 1.29 is 9.90 Å². The lowest BCUT2D eigenvalue weighted by molar-refractivity contribution is -0.132. The van der Waals surface area contributed by atoms with Crippen LogP contribution in [0.3, 0.4) is 0 Å².